The molecule has 1 aliphatic rings. The van der Waals surface area contributed by atoms with Crippen molar-refractivity contribution in [2.75, 3.05) is 28.8 Å². The average molecular weight is 968 g/mol. The van der Waals surface area contributed by atoms with Crippen LogP contribution in [0.2, 0.25) is 0 Å². The summed E-state index contributed by atoms with van der Waals surface area (Å²) >= 11 is 0. The van der Waals surface area contributed by atoms with Gasteiger partial charge in [-0.2, -0.15) is 12.1 Å². The van der Waals surface area contributed by atoms with Crippen molar-refractivity contribution in [3.8, 4) is 28.4 Å². The molecule has 9 rings (SSSR count). The average Bonchev–Trinajstić information content (AvgIpc) is 3.76. The molecule has 0 unspecified atom stereocenters. The van der Waals surface area contributed by atoms with Crippen molar-refractivity contribution >= 4 is 50.2 Å². The maximum Gasteiger partial charge on any atom is 0.135 e. The first kappa shape index (κ1) is 40.9. The Labute approximate surface area is 369 Å². The van der Waals surface area contributed by atoms with Gasteiger partial charge >= 0.3 is 0 Å². The molecule has 0 spiro atoms. The van der Waals surface area contributed by atoms with E-state index in [2.05, 4.69) is 210 Å². The van der Waals surface area contributed by atoms with Crippen molar-refractivity contribution in [3.05, 3.63) is 169 Å². The van der Waals surface area contributed by atoms with Crippen molar-refractivity contribution < 1.29 is 25.8 Å². The van der Waals surface area contributed by atoms with Gasteiger partial charge in [-0.05, 0) is 93.9 Å². The minimum Gasteiger partial charge on any atom is -0.509 e. The number of aromatic nitrogens is 2. The number of benzene rings is 6. The van der Waals surface area contributed by atoms with E-state index in [4.69, 9.17) is 9.72 Å². The third-order valence-corrected chi connectivity index (χ3v) is 11.3. The molecule has 6 nitrogen and oxygen atoms in total. The SMILES string of the molecule is Cc1cc(-n2c3[c-]c(Oc4[c-]c(N5[CH-]N(c6cc(C(C)(C)C)cc(C(C)(C)C)c6)c6ccccc65)ccc4)ccc3c3ccccc32)ncc1-c1cccc(N(C)C)c1.[Pt]. The van der Waals surface area contributed by atoms with Crippen LogP contribution in [0.1, 0.15) is 58.2 Å². The van der Waals surface area contributed by atoms with Gasteiger partial charge in [-0.1, -0.05) is 95.6 Å². The van der Waals surface area contributed by atoms with Crippen LogP contribution in [0.3, 0.4) is 0 Å². The van der Waals surface area contributed by atoms with E-state index in [9.17, 15) is 0 Å². The van der Waals surface area contributed by atoms with Crippen molar-refractivity contribution in [1.29, 1.82) is 0 Å². The summed E-state index contributed by atoms with van der Waals surface area (Å²) in [7, 11) is 4.13. The minimum atomic E-state index is 0. The molecular weight excluding hydrogens is 918 g/mol. The molecule has 0 aliphatic carbocycles. The largest absolute Gasteiger partial charge is 0.509 e. The molecule has 306 valence electrons. The fraction of sp³-hybridized carbons (Fsp3) is 0.208. The summed E-state index contributed by atoms with van der Waals surface area (Å²) in [5.74, 6) is 2.04. The molecule has 8 aromatic rings. The summed E-state index contributed by atoms with van der Waals surface area (Å²) in [5.41, 5.74) is 13.4. The first-order valence-corrected chi connectivity index (χ1v) is 20.3. The second-order valence-electron chi connectivity index (χ2n) is 17.9. The van der Waals surface area contributed by atoms with Gasteiger partial charge in [0.15, 0.2) is 0 Å². The summed E-state index contributed by atoms with van der Waals surface area (Å²) in [6.07, 6.45) is 1.99. The Bertz CT molecular complexity index is 2850. The van der Waals surface area contributed by atoms with Crippen LogP contribution in [-0.4, -0.2) is 23.6 Å². The van der Waals surface area contributed by atoms with Gasteiger partial charge < -0.3 is 24.0 Å². The van der Waals surface area contributed by atoms with E-state index in [-0.39, 0.29) is 31.9 Å². The van der Waals surface area contributed by atoms with Crippen LogP contribution in [0.25, 0.3) is 38.8 Å². The van der Waals surface area contributed by atoms with Gasteiger partial charge in [-0.15, -0.1) is 48.1 Å². The van der Waals surface area contributed by atoms with Crippen molar-refractivity contribution in [2.45, 2.75) is 59.3 Å². The zero-order valence-corrected chi connectivity index (χ0v) is 38.0. The number of ether oxygens (including phenoxy) is 1. The third-order valence-electron chi connectivity index (χ3n) is 11.3. The smallest absolute Gasteiger partial charge is 0.135 e. The van der Waals surface area contributed by atoms with Crippen molar-refractivity contribution in [3.63, 3.8) is 0 Å². The molecule has 0 atom stereocenters. The molecule has 3 heterocycles. The summed E-state index contributed by atoms with van der Waals surface area (Å²) < 4.78 is 8.80. The quantitative estimate of drug-likeness (QED) is 0.149. The molecule has 0 bridgehead atoms. The molecule has 0 fully saturated rings. The normalized spacial score (nSPS) is 12.8. The van der Waals surface area contributed by atoms with Gasteiger partial charge in [0.1, 0.15) is 5.82 Å². The van der Waals surface area contributed by atoms with Crippen LogP contribution < -0.4 is 19.4 Å². The van der Waals surface area contributed by atoms with Crippen LogP contribution in [0.4, 0.5) is 28.4 Å². The molecular formula is C53H50N5OPt-3. The number of pyridine rings is 1. The second-order valence-corrected chi connectivity index (χ2v) is 17.9. The van der Waals surface area contributed by atoms with Crippen LogP contribution in [-0.2, 0) is 31.9 Å². The molecule has 7 heteroatoms. The molecule has 0 radical (unpaired) electrons. The first-order chi connectivity index (χ1) is 28.2. The van der Waals surface area contributed by atoms with Gasteiger partial charge in [0.2, 0.25) is 0 Å². The molecule has 0 saturated heterocycles. The van der Waals surface area contributed by atoms with Crippen LogP contribution >= 0.6 is 0 Å². The maximum atomic E-state index is 6.61. The van der Waals surface area contributed by atoms with Gasteiger partial charge in [-0.25, -0.2) is 4.98 Å². The molecule has 6 aromatic carbocycles. The second kappa shape index (κ2) is 15.6. The Balaban J connectivity index is 0.00000499. The number of aryl methyl sites for hydroxylation is 1. The Hall–Kier alpha value is -5.84. The zero-order chi connectivity index (χ0) is 41.2. The number of para-hydroxylation sites is 3. The van der Waals surface area contributed by atoms with Gasteiger partial charge in [0, 0.05) is 86.7 Å². The Morgan fingerprint density at radius 2 is 1.32 bits per heavy atom. The van der Waals surface area contributed by atoms with Crippen molar-refractivity contribution in [1.82, 2.24) is 9.55 Å². The molecule has 2 aromatic heterocycles. The standard InChI is InChI=1S/C53H50N5O.Pt/c1-35-26-51(54-33-46(35)36-16-14-17-39(27-36)55(8)9)58-47-21-11-10-20-44(47)45-25-24-43(32-50(45)58)59-42-19-15-18-40(31-42)56-34-57(49-23-13-12-22-48(49)56)41-29-37(52(2,3)4)28-38(30-41)53(5,6)7;/h10-30,33-34H,1-9H3;/q-3;. The van der Waals surface area contributed by atoms with Gasteiger partial charge in [-0.3, -0.25) is 0 Å². The van der Waals surface area contributed by atoms with E-state index in [1.807, 2.05) is 24.4 Å². The summed E-state index contributed by atoms with van der Waals surface area (Å²) in [6.45, 7) is 18.0. The monoisotopic (exact) mass is 967 g/mol. The van der Waals surface area contributed by atoms with Crippen LogP contribution in [0, 0.1) is 25.7 Å². The number of hydrogen-bond donors (Lipinski definition) is 0. The zero-order valence-electron chi connectivity index (χ0n) is 35.7. The van der Waals surface area contributed by atoms with Crippen LogP contribution in [0.15, 0.2) is 134 Å². The van der Waals surface area contributed by atoms with Crippen LogP contribution in [0.5, 0.6) is 11.5 Å². The fourth-order valence-electron chi connectivity index (χ4n) is 7.97. The Morgan fingerprint density at radius 1 is 0.650 bits per heavy atom. The Morgan fingerprint density at radius 3 is 2.02 bits per heavy atom. The number of fused-ring (bicyclic) bond motifs is 4. The summed E-state index contributed by atoms with van der Waals surface area (Å²) in [4.78, 5) is 11.7. The van der Waals surface area contributed by atoms with E-state index in [0.29, 0.717) is 11.5 Å². The van der Waals surface area contributed by atoms with Crippen molar-refractivity contribution in [2.24, 2.45) is 0 Å². The molecule has 0 saturated carbocycles. The number of anilines is 5. The first-order valence-electron chi connectivity index (χ1n) is 20.3. The third kappa shape index (κ3) is 7.58. The van der Waals surface area contributed by atoms with E-state index < -0.39 is 0 Å². The fourth-order valence-corrected chi connectivity index (χ4v) is 7.97. The predicted octanol–water partition coefficient (Wildman–Crippen LogP) is 13.6. The van der Waals surface area contributed by atoms with Gasteiger partial charge in [0.05, 0.1) is 0 Å². The van der Waals surface area contributed by atoms with E-state index in [1.54, 1.807) is 0 Å². The summed E-state index contributed by atoms with van der Waals surface area (Å²) in [6, 6.07) is 52.1. The van der Waals surface area contributed by atoms with E-state index in [1.165, 1.54) is 11.1 Å². The Kier molecular flexibility index (Phi) is 10.7. The van der Waals surface area contributed by atoms with E-state index >= 15 is 0 Å². The molecule has 0 N–H and O–H groups in total. The number of nitrogens with zero attached hydrogens (tertiary/aromatic N) is 5. The predicted molar refractivity (Wildman–Crippen MR) is 246 cm³/mol. The molecule has 60 heavy (non-hydrogen) atoms. The number of rotatable bonds is 7. The maximum absolute atomic E-state index is 6.61. The number of hydrogen-bond acceptors (Lipinski definition) is 5. The molecule has 0 amide bonds. The summed E-state index contributed by atoms with van der Waals surface area (Å²) in [5, 5.41) is 2.22. The van der Waals surface area contributed by atoms with E-state index in [0.717, 1.165) is 72.8 Å². The minimum absolute atomic E-state index is 0. The topological polar surface area (TPSA) is 36.8 Å². The van der Waals surface area contributed by atoms with Gasteiger partial charge in [0.25, 0.3) is 0 Å². The molecule has 1 aliphatic heterocycles.